The second-order valence-electron chi connectivity index (χ2n) is 15.1. The number of nitrogens with zero attached hydrogens (tertiary/aromatic N) is 3. The molecule has 3 nitrogen and oxygen atoms in total. The maximum Gasteiger partial charge on any atom is 0.0887 e. The zero-order chi connectivity index (χ0) is 36.7. The molecule has 0 radical (unpaired) electrons. The van der Waals surface area contributed by atoms with Crippen LogP contribution in [0.4, 0.5) is 45.5 Å². The Hall–Kier alpha value is -5.77. The number of benzene rings is 7. The molecule has 0 aromatic heterocycles. The minimum atomic E-state index is -0.0466. The molecule has 266 valence electrons. The van der Waals surface area contributed by atoms with Gasteiger partial charge in [-0.05, 0) is 109 Å². The summed E-state index contributed by atoms with van der Waals surface area (Å²) in [5.41, 5.74) is 12.2. The molecule has 0 N–H and O–H groups in total. The van der Waals surface area contributed by atoms with E-state index >= 15 is 0 Å². The second-order valence-corrected chi connectivity index (χ2v) is 15.4. The molecule has 0 amide bonds. The predicted molar refractivity (Wildman–Crippen MR) is 229 cm³/mol. The summed E-state index contributed by atoms with van der Waals surface area (Å²) in [6, 6.07) is 64.9. The Balaban J connectivity index is 1.28. The lowest BCUT2D eigenvalue weighted by Crippen LogP contribution is -2.54. The number of fused-ring (bicyclic) bond motifs is 3. The van der Waals surface area contributed by atoms with Crippen LogP contribution < -0.4 is 14.7 Å². The van der Waals surface area contributed by atoms with E-state index in [1.54, 1.807) is 0 Å². The summed E-state index contributed by atoms with van der Waals surface area (Å²) in [7, 11) is 0. The van der Waals surface area contributed by atoms with Crippen LogP contribution in [-0.2, 0) is 5.41 Å². The Labute approximate surface area is 324 Å². The fraction of sp³-hybridized carbons (Fsp3) is 0.160. The van der Waals surface area contributed by atoms with Gasteiger partial charge in [-0.25, -0.2) is 0 Å². The third-order valence-corrected chi connectivity index (χ3v) is 12.4. The lowest BCUT2D eigenvalue weighted by Gasteiger charge is -2.50. The van der Waals surface area contributed by atoms with Crippen LogP contribution in [0.3, 0.4) is 0 Å². The largest absolute Gasteiger partial charge is 0.334 e. The van der Waals surface area contributed by atoms with E-state index in [2.05, 4.69) is 211 Å². The van der Waals surface area contributed by atoms with Crippen LogP contribution in [0.1, 0.15) is 45.1 Å². The number of anilines is 8. The molecule has 0 bridgehead atoms. The molecular weight excluding hydrogens is 678 g/mol. The number of hydrogen-bond donors (Lipinski definition) is 0. The molecule has 54 heavy (non-hydrogen) atoms. The quantitative estimate of drug-likeness (QED) is 0.155. The third kappa shape index (κ3) is 5.66. The Morgan fingerprint density at radius 3 is 1.56 bits per heavy atom. The molecule has 0 spiro atoms. The molecule has 2 atom stereocenters. The molecule has 2 unspecified atom stereocenters. The van der Waals surface area contributed by atoms with Gasteiger partial charge in [0.05, 0.1) is 21.9 Å². The highest BCUT2D eigenvalue weighted by Gasteiger charge is 2.57. The molecule has 7 aromatic carbocycles. The summed E-state index contributed by atoms with van der Waals surface area (Å²) in [4.78, 5) is 7.25. The van der Waals surface area contributed by atoms with Gasteiger partial charge in [-0.2, -0.15) is 0 Å². The lowest BCUT2D eigenvalue weighted by atomic mass is 9.61. The predicted octanol–water partition coefficient (Wildman–Crippen LogP) is 14.7. The summed E-state index contributed by atoms with van der Waals surface area (Å²) < 4.78 is 0. The van der Waals surface area contributed by atoms with E-state index in [1.807, 2.05) is 0 Å². The highest BCUT2D eigenvalue weighted by molar-refractivity contribution is 6.37. The molecule has 1 fully saturated rings. The monoisotopic (exact) mass is 721 g/mol. The van der Waals surface area contributed by atoms with Gasteiger partial charge >= 0.3 is 0 Å². The van der Waals surface area contributed by atoms with Crippen molar-refractivity contribution in [3.8, 4) is 11.1 Å². The van der Waals surface area contributed by atoms with E-state index in [0.717, 1.165) is 51.7 Å². The fourth-order valence-electron chi connectivity index (χ4n) is 9.18. The summed E-state index contributed by atoms with van der Waals surface area (Å²) in [6.07, 6.45) is 4.83. The average Bonchev–Trinajstić information content (AvgIpc) is 3.44. The molecular formula is C50H44ClN3. The first-order chi connectivity index (χ1) is 26.5. The topological polar surface area (TPSA) is 9.72 Å². The number of rotatable bonds is 8. The Bertz CT molecular complexity index is 2360. The maximum absolute atomic E-state index is 7.83. The Kier molecular flexibility index (Phi) is 8.76. The van der Waals surface area contributed by atoms with E-state index in [0.29, 0.717) is 5.02 Å². The molecule has 7 aromatic rings. The fourth-order valence-corrected chi connectivity index (χ4v) is 9.45. The molecule has 9 rings (SSSR count). The van der Waals surface area contributed by atoms with Crippen LogP contribution in [0, 0.1) is 0 Å². The standard InChI is InChI=1S/C50H44ClN3/c1-49-32-17-18-33-50(49,2)54(45-31-16-15-30-44(45)49)43-29-19-28-42(36-43)53(41-26-13-6-14-27-41)47-35-38(37-20-7-3-8-21-37)34-46(48(47)51)52(39-22-9-4-10-23-39)40-24-11-5-12-25-40/h3-16,19-31,34-36H,17-18,32-33H2,1-2H3. The lowest BCUT2D eigenvalue weighted by molar-refractivity contribution is 0.195. The zero-order valence-electron chi connectivity index (χ0n) is 30.9. The van der Waals surface area contributed by atoms with Gasteiger partial charge in [0.15, 0.2) is 0 Å². The van der Waals surface area contributed by atoms with Gasteiger partial charge in [-0.1, -0.05) is 141 Å². The average molecular weight is 722 g/mol. The minimum Gasteiger partial charge on any atom is -0.334 e. The van der Waals surface area contributed by atoms with E-state index in [4.69, 9.17) is 11.6 Å². The summed E-state index contributed by atoms with van der Waals surface area (Å²) in [5.74, 6) is 0. The van der Waals surface area contributed by atoms with Crippen molar-refractivity contribution in [3.05, 3.63) is 193 Å². The van der Waals surface area contributed by atoms with Gasteiger partial charge in [0.25, 0.3) is 0 Å². The zero-order valence-corrected chi connectivity index (χ0v) is 31.6. The minimum absolute atomic E-state index is 0.0466. The van der Waals surface area contributed by atoms with Crippen LogP contribution in [-0.4, -0.2) is 5.54 Å². The normalized spacial score (nSPS) is 18.8. The van der Waals surface area contributed by atoms with Gasteiger partial charge in [-0.3, -0.25) is 0 Å². The van der Waals surface area contributed by atoms with Crippen molar-refractivity contribution in [2.75, 3.05) is 14.7 Å². The van der Waals surface area contributed by atoms with Crippen molar-refractivity contribution >= 4 is 57.1 Å². The number of halogens is 1. The second kappa shape index (κ2) is 13.9. The molecule has 1 saturated carbocycles. The maximum atomic E-state index is 7.83. The summed E-state index contributed by atoms with van der Waals surface area (Å²) >= 11 is 7.83. The molecule has 1 aliphatic carbocycles. The van der Waals surface area contributed by atoms with Crippen molar-refractivity contribution in [2.45, 2.75) is 50.5 Å². The van der Waals surface area contributed by atoms with Gasteiger partial charge in [-0.15, -0.1) is 0 Å². The molecule has 0 saturated heterocycles. The van der Waals surface area contributed by atoms with E-state index in [9.17, 15) is 0 Å². The smallest absolute Gasteiger partial charge is 0.0887 e. The summed E-state index contributed by atoms with van der Waals surface area (Å²) in [5, 5.41) is 0.662. The van der Waals surface area contributed by atoms with Crippen molar-refractivity contribution in [1.82, 2.24) is 0 Å². The van der Waals surface area contributed by atoms with Crippen molar-refractivity contribution in [2.24, 2.45) is 0 Å². The highest BCUT2D eigenvalue weighted by Crippen LogP contribution is 2.61. The van der Waals surface area contributed by atoms with E-state index in [1.165, 1.54) is 36.2 Å². The number of hydrogen-bond acceptors (Lipinski definition) is 3. The van der Waals surface area contributed by atoms with Gasteiger partial charge in [0.1, 0.15) is 0 Å². The Morgan fingerprint density at radius 1 is 0.481 bits per heavy atom. The molecule has 1 aliphatic heterocycles. The van der Waals surface area contributed by atoms with Crippen LogP contribution in [0.5, 0.6) is 0 Å². The van der Waals surface area contributed by atoms with Gasteiger partial charge in [0, 0.05) is 39.5 Å². The van der Waals surface area contributed by atoms with Crippen LogP contribution in [0.15, 0.2) is 182 Å². The van der Waals surface area contributed by atoms with Crippen molar-refractivity contribution in [1.29, 1.82) is 0 Å². The first-order valence-electron chi connectivity index (χ1n) is 19.1. The van der Waals surface area contributed by atoms with E-state index < -0.39 is 0 Å². The van der Waals surface area contributed by atoms with Crippen molar-refractivity contribution < 1.29 is 0 Å². The van der Waals surface area contributed by atoms with Crippen LogP contribution in [0.2, 0.25) is 5.02 Å². The van der Waals surface area contributed by atoms with Crippen molar-refractivity contribution in [3.63, 3.8) is 0 Å². The molecule has 1 heterocycles. The first-order valence-corrected chi connectivity index (χ1v) is 19.5. The van der Waals surface area contributed by atoms with Crippen LogP contribution in [0.25, 0.3) is 11.1 Å². The third-order valence-electron chi connectivity index (χ3n) is 12.0. The van der Waals surface area contributed by atoms with Crippen LogP contribution >= 0.6 is 11.6 Å². The van der Waals surface area contributed by atoms with Gasteiger partial charge < -0.3 is 14.7 Å². The number of para-hydroxylation sites is 4. The van der Waals surface area contributed by atoms with Gasteiger partial charge in [0.2, 0.25) is 0 Å². The molecule has 4 heteroatoms. The highest BCUT2D eigenvalue weighted by atomic mass is 35.5. The van der Waals surface area contributed by atoms with E-state index in [-0.39, 0.29) is 11.0 Å². The summed E-state index contributed by atoms with van der Waals surface area (Å²) in [6.45, 7) is 4.98. The first kappa shape index (κ1) is 34.0. The molecule has 2 aliphatic rings. The Morgan fingerprint density at radius 2 is 0.963 bits per heavy atom. The SMILES string of the molecule is CC12CCCCC1(C)N(c1cccc(N(c3ccccc3)c3cc(-c4ccccc4)cc(N(c4ccccc4)c4ccccc4)c3Cl)c1)c1ccccc12.